The summed E-state index contributed by atoms with van der Waals surface area (Å²) in [6, 6.07) is -0.321. The van der Waals surface area contributed by atoms with E-state index < -0.39 is 11.8 Å². The number of rotatable bonds is 2. The minimum absolute atomic E-state index is 0.0369. The van der Waals surface area contributed by atoms with Crippen molar-refractivity contribution in [1.82, 2.24) is 14.7 Å². The molecule has 1 aromatic rings. The maximum atomic E-state index is 12.2. The predicted octanol–water partition coefficient (Wildman–Crippen LogP) is 0.593. The van der Waals surface area contributed by atoms with Gasteiger partial charge in [0.1, 0.15) is 0 Å². The van der Waals surface area contributed by atoms with Crippen molar-refractivity contribution in [2.45, 2.75) is 38.8 Å². The van der Waals surface area contributed by atoms with Gasteiger partial charge in [0.2, 0.25) is 11.8 Å². The number of carbonyl (C=O) groups is 2. The SMILES string of the molecule is Cn1cc([C@@H]2[C@@H](C(N)=O)CC(=O)N2C(C)(C)C)cn1. The standard InChI is InChI=1S/C13H20N4O2/c1-13(2,3)17-10(18)5-9(12(14)19)11(17)8-6-15-16(4)7-8/h6-7,9,11H,5H2,1-4H3,(H2,14,19)/t9-,11+/m0/s1. The minimum atomic E-state index is -0.490. The number of aryl methyl sites for hydroxylation is 1. The van der Waals surface area contributed by atoms with Gasteiger partial charge in [0.25, 0.3) is 0 Å². The van der Waals surface area contributed by atoms with Crippen LogP contribution in [0.1, 0.15) is 38.8 Å². The molecule has 0 aromatic carbocycles. The van der Waals surface area contributed by atoms with Gasteiger partial charge in [-0.2, -0.15) is 5.10 Å². The maximum Gasteiger partial charge on any atom is 0.224 e. The number of hydrogen-bond acceptors (Lipinski definition) is 3. The summed E-state index contributed by atoms with van der Waals surface area (Å²) in [5, 5.41) is 4.12. The monoisotopic (exact) mass is 264 g/mol. The Morgan fingerprint density at radius 2 is 2.11 bits per heavy atom. The number of primary amides is 1. The molecular weight excluding hydrogens is 244 g/mol. The molecule has 2 atom stereocenters. The fourth-order valence-electron chi connectivity index (χ4n) is 2.75. The normalized spacial score (nSPS) is 24.0. The minimum Gasteiger partial charge on any atom is -0.369 e. The fourth-order valence-corrected chi connectivity index (χ4v) is 2.75. The highest BCUT2D eigenvalue weighted by Crippen LogP contribution is 2.41. The van der Waals surface area contributed by atoms with Crippen LogP contribution >= 0.6 is 0 Å². The zero-order valence-corrected chi connectivity index (χ0v) is 11.8. The van der Waals surface area contributed by atoms with E-state index in [9.17, 15) is 9.59 Å². The summed E-state index contributed by atoms with van der Waals surface area (Å²) in [4.78, 5) is 25.6. The summed E-state index contributed by atoms with van der Waals surface area (Å²) in [5.74, 6) is -0.963. The van der Waals surface area contributed by atoms with Gasteiger partial charge in [0.15, 0.2) is 0 Å². The maximum absolute atomic E-state index is 12.2. The van der Waals surface area contributed by atoms with Crippen LogP contribution in [-0.2, 0) is 16.6 Å². The Bertz CT molecular complexity index is 515. The van der Waals surface area contributed by atoms with Crippen LogP contribution in [0.5, 0.6) is 0 Å². The molecule has 2 heterocycles. The molecular formula is C13H20N4O2. The molecule has 19 heavy (non-hydrogen) atoms. The smallest absolute Gasteiger partial charge is 0.224 e. The molecule has 1 aliphatic rings. The van der Waals surface area contributed by atoms with Crippen LogP contribution in [0.15, 0.2) is 12.4 Å². The number of amides is 2. The van der Waals surface area contributed by atoms with E-state index in [1.165, 1.54) is 0 Å². The highest BCUT2D eigenvalue weighted by atomic mass is 16.2. The lowest BCUT2D eigenvalue weighted by Crippen LogP contribution is -2.44. The van der Waals surface area contributed by atoms with Gasteiger partial charge in [-0.15, -0.1) is 0 Å². The highest BCUT2D eigenvalue weighted by Gasteiger charge is 2.48. The third-order valence-corrected chi connectivity index (χ3v) is 3.48. The van der Waals surface area contributed by atoms with Crippen LogP contribution < -0.4 is 5.73 Å². The molecule has 2 rings (SSSR count). The lowest BCUT2D eigenvalue weighted by Gasteiger charge is -2.37. The lowest BCUT2D eigenvalue weighted by molar-refractivity contribution is -0.133. The quantitative estimate of drug-likeness (QED) is 0.849. The molecule has 6 heteroatoms. The van der Waals surface area contributed by atoms with Crippen LogP contribution in [0.3, 0.4) is 0 Å². The van der Waals surface area contributed by atoms with Crippen molar-refractivity contribution in [3.63, 3.8) is 0 Å². The molecule has 0 bridgehead atoms. The lowest BCUT2D eigenvalue weighted by atomic mass is 9.93. The van der Waals surface area contributed by atoms with E-state index in [1.54, 1.807) is 22.8 Å². The van der Waals surface area contributed by atoms with Crippen molar-refractivity contribution in [2.24, 2.45) is 18.7 Å². The van der Waals surface area contributed by atoms with Crippen LogP contribution in [-0.4, -0.2) is 32.0 Å². The Balaban J connectivity index is 2.47. The van der Waals surface area contributed by atoms with E-state index in [2.05, 4.69) is 5.10 Å². The summed E-state index contributed by atoms with van der Waals surface area (Å²) >= 11 is 0. The van der Waals surface area contributed by atoms with Crippen LogP contribution in [0.4, 0.5) is 0 Å². The Morgan fingerprint density at radius 1 is 1.47 bits per heavy atom. The van der Waals surface area contributed by atoms with Gasteiger partial charge in [-0.05, 0) is 20.8 Å². The molecule has 0 radical (unpaired) electrons. The second-order valence-corrected chi connectivity index (χ2v) is 6.04. The van der Waals surface area contributed by atoms with E-state index in [-0.39, 0.29) is 23.9 Å². The van der Waals surface area contributed by atoms with E-state index in [0.717, 1.165) is 5.56 Å². The van der Waals surface area contributed by atoms with Crippen molar-refractivity contribution < 1.29 is 9.59 Å². The second kappa shape index (κ2) is 4.36. The Hall–Kier alpha value is -1.85. The average molecular weight is 264 g/mol. The van der Waals surface area contributed by atoms with Crippen molar-refractivity contribution in [2.75, 3.05) is 0 Å². The Kier molecular flexibility index (Phi) is 3.12. The summed E-state index contributed by atoms with van der Waals surface area (Å²) < 4.78 is 1.66. The molecule has 0 aliphatic carbocycles. The van der Waals surface area contributed by atoms with E-state index in [0.29, 0.717) is 0 Å². The van der Waals surface area contributed by atoms with Gasteiger partial charge in [-0.25, -0.2) is 0 Å². The predicted molar refractivity (Wildman–Crippen MR) is 69.8 cm³/mol. The van der Waals surface area contributed by atoms with Gasteiger partial charge >= 0.3 is 0 Å². The van der Waals surface area contributed by atoms with Crippen LogP contribution in [0.25, 0.3) is 0 Å². The first-order valence-electron chi connectivity index (χ1n) is 6.32. The average Bonchev–Trinajstić information content (AvgIpc) is 2.80. The van der Waals surface area contributed by atoms with Crippen molar-refractivity contribution in [3.8, 4) is 0 Å². The summed E-state index contributed by atoms with van der Waals surface area (Å²) in [7, 11) is 1.81. The molecule has 1 aliphatic heterocycles. The molecule has 2 amide bonds. The number of likely N-dealkylation sites (tertiary alicyclic amines) is 1. The number of hydrogen-bond donors (Lipinski definition) is 1. The highest BCUT2D eigenvalue weighted by molar-refractivity contribution is 5.90. The summed E-state index contributed by atoms with van der Waals surface area (Å²) in [5.41, 5.74) is 5.95. The van der Waals surface area contributed by atoms with Gasteiger partial charge in [0, 0.05) is 30.8 Å². The Labute approximate surface area is 112 Å². The molecule has 6 nitrogen and oxygen atoms in total. The van der Waals surface area contributed by atoms with E-state index in [1.807, 2.05) is 27.0 Å². The van der Waals surface area contributed by atoms with Gasteiger partial charge in [-0.3, -0.25) is 14.3 Å². The van der Waals surface area contributed by atoms with Gasteiger partial charge < -0.3 is 10.6 Å². The van der Waals surface area contributed by atoms with Crippen molar-refractivity contribution in [3.05, 3.63) is 18.0 Å². The third-order valence-electron chi connectivity index (χ3n) is 3.48. The number of carbonyl (C=O) groups excluding carboxylic acids is 2. The molecule has 0 saturated carbocycles. The van der Waals surface area contributed by atoms with Gasteiger partial charge in [-0.1, -0.05) is 0 Å². The Morgan fingerprint density at radius 3 is 2.53 bits per heavy atom. The van der Waals surface area contributed by atoms with E-state index in [4.69, 9.17) is 5.73 Å². The fraction of sp³-hybridized carbons (Fsp3) is 0.615. The molecule has 0 unspecified atom stereocenters. The largest absolute Gasteiger partial charge is 0.369 e. The number of nitrogens with two attached hydrogens (primary N) is 1. The van der Waals surface area contributed by atoms with E-state index >= 15 is 0 Å². The van der Waals surface area contributed by atoms with Gasteiger partial charge in [0.05, 0.1) is 18.2 Å². The molecule has 0 spiro atoms. The second-order valence-electron chi connectivity index (χ2n) is 6.04. The van der Waals surface area contributed by atoms with Crippen molar-refractivity contribution in [1.29, 1.82) is 0 Å². The molecule has 1 saturated heterocycles. The molecule has 1 fully saturated rings. The molecule has 1 aromatic heterocycles. The van der Waals surface area contributed by atoms with Crippen LogP contribution in [0, 0.1) is 5.92 Å². The first kappa shape index (κ1) is 13.6. The molecule has 2 N–H and O–H groups in total. The first-order chi connectivity index (χ1) is 8.71. The summed E-state index contributed by atoms with van der Waals surface area (Å²) in [6.07, 6.45) is 3.70. The zero-order valence-electron chi connectivity index (χ0n) is 11.8. The van der Waals surface area contributed by atoms with Crippen molar-refractivity contribution >= 4 is 11.8 Å². The number of nitrogens with zero attached hydrogens (tertiary/aromatic N) is 3. The zero-order chi connectivity index (χ0) is 14.4. The number of aromatic nitrogens is 2. The molecule has 104 valence electrons. The third kappa shape index (κ3) is 2.34. The summed E-state index contributed by atoms with van der Waals surface area (Å²) in [6.45, 7) is 5.87. The first-order valence-corrected chi connectivity index (χ1v) is 6.32. The van der Waals surface area contributed by atoms with Crippen LogP contribution in [0.2, 0.25) is 0 Å². The topological polar surface area (TPSA) is 81.2 Å².